The number of aldehydes is 1. The number of carbonyl (C=O) groups is 1. The van der Waals surface area contributed by atoms with Gasteiger partial charge in [-0.1, -0.05) is 45.0 Å². The minimum atomic E-state index is -1.72. The molecule has 1 fully saturated rings. The molecule has 2 rings (SSSR count). The third kappa shape index (κ3) is 2.89. The van der Waals surface area contributed by atoms with Crippen molar-refractivity contribution in [3.8, 4) is 0 Å². The average molecular weight is 290 g/mol. The minimum Gasteiger partial charge on any atom is -0.416 e. The highest BCUT2D eigenvalue weighted by Gasteiger charge is 2.48. The monoisotopic (exact) mass is 290 g/mol. The summed E-state index contributed by atoms with van der Waals surface area (Å²) in [7, 11) is -1.72. The largest absolute Gasteiger partial charge is 0.416 e. The van der Waals surface area contributed by atoms with E-state index in [-0.39, 0.29) is 10.5 Å². The standard InChI is InChI=1S/C17H26O2Si/c1-16(2,3)20(4,5)19-13-17(10-11-17)15-9-7-6-8-14(15)12-18/h6-9,12H,10-11,13H2,1-5H3. The SMILES string of the molecule is CC(C)(C)[Si](C)(C)OCC1(c2ccccc2C=O)CC1. The zero-order valence-corrected chi connectivity index (χ0v) is 14.3. The highest BCUT2D eigenvalue weighted by Crippen LogP contribution is 2.50. The Hall–Kier alpha value is -0.933. The Morgan fingerprint density at radius 3 is 2.35 bits per heavy atom. The number of benzene rings is 1. The summed E-state index contributed by atoms with van der Waals surface area (Å²) in [4.78, 5) is 11.2. The molecule has 0 amide bonds. The maximum Gasteiger partial charge on any atom is 0.192 e. The quantitative estimate of drug-likeness (QED) is 0.587. The lowest BCUT2D eigenvalue weighted by Crippen LogP contribution is -2.42. The van der Waals surface area contributed by atoms with Crippen LogP contribution in [0, 0.1) is 0 Å². The van der Waals surface area contributed by atoms with Gasteiger partial charge in [-0.2, -0.15) is 0 Å². The van der Waals surface area contributed by atoms with E-state index in [2.05, 4.69) is 39.9 Å². The summed E-state index contributed by atoms with van der Waals surface area (Å²) in [5.41, 5.74) is 2.09. The molecule has 2 nitrogen and oxygen atoms in total. The van der Waals surface area contributed by atoms with Crippen molar-refractivity contribution < 1.29 is 9.22 Å². The molecule has 0 unspecified atom stereocenters. The van der Waals surface area contributed by atoms with Crippen LogP contribution in [0.25, 0.3) is 0 Å². The Balaban J connectivity index is 2.16. The predicted molar refractivity (Wildman–Crippen MR) is 85.9 cm³/mol. The van der Waals surface area contributed by atoms with E-state index in [0.717, 1.165) is 31.3 Å². The average Bonchev–Trinajstić information content (AvgIpc) is 3.16. The molecule has 0 saturated heterocycles. The second-order valence-corrected chi connectivity index (χ2v) is 12.3. The van der Waals surface area contributed by atoms with Crippen LogP contribution in [0.4, 0.5) is 0 Å². The first-order chi connectivity index (χ1) is 9.22. The van der Waals surface area contributed by atoms with E-state index in [1.165, 1.54) is 5.56 Å². The first kappa shape index (κ1) is 15.5. The molecule has 0 heterocycles. The zero-order valence-electron chi connectivity index (χ0n) is 13.3. The van der Waals surface area contributed by atoms with E-state index in [9.17, 15) is 4.79 Å². The molecule has 110 valence electrons. The van der Waals surface area contributed by atoms with Crippen LogP contribution in [-0.2, 0) is 9.84 Å². The molecule has 1 aromatic rings. The summed E-state index contributed by atoms with van der Waals surface area (Å²) >= 11 is 0. The molecule has 0 atom stereocenters. The van der Waals surface area contributed by atoms with Crippen LogP contribution >= 0.6 is 0 Å². The van der Waals surface area contributed by atoms with E-state index in [4.69, 9.17) is 4.43 Å². The summed E-state index contributed by atoms with van der Waals surface area (Å²) in [6, 6.07) is 7.95. The van der Waals surface area contributed by atoms with Gasteiger partial charge in [-0.3, -0.25) is 4.79 Å². The van der Waals surface area contributed by atoms with E-state index in [1.807, 2.05) is 18.2 Å². The van der Waals surface area contributed by atoms with Gasteiger partial charge in [0.1, 0.15) is 6.29 Å². The molecule has 0 aliphatic heterocycles. The van der Waals surface area contributed by atoms with Crippen molar-refractivity contribution in [2.75, 3.05) is 6.61 Å². The van der Waals surface area contributed by atoms with Crippen LogP contribution in [0.1, 0.15) is 49.5 Å². The van der Waals surface area contributed by atoms with E-state index in [0.29, 0.717) is 0 Å². The molecule has 0 aromatic heterocycles. The Morgan fingerprint density at radius 2 is 1.85 bits per heavy atom. The fraction of sp³-hybridized carbons (Fsp3) is 0.588. The highest BCUT2D eigenvalue weighted by molar-refractivity contribution is 6.74. The van der Waals surface area contributed by atoms with Gasteiger partial charge in [0.2, 0.25) is 0 Å². The zero-order chi connectivity index (χ0) is 15.0. The van der Waals surface area contributed by atoms with Crippen molar-refractivity contribution in [2.45, 2.75) is 57.2 Å². The van der Waals surface area contributed by atoms with Crippen LogP contribution < -0.4 is 0 Å². The summed E-state index contributed by atoms with van der Waals surface area (Å²) in [6.07, 6.45) is 3.24. The van der Waals surface area contributed by atoms with Crippen LogP contribution in [0.3, 0.4) is 0 Å². The minimum absolute atomic E-state index is 0.0903. The van der Waals surface area contributed by atoms with E-state index < -0.39 is 8.32 Å². The van der Waals surface area contributed by atoms with Crippen LogP contribution in [-0.4, -0.2) is 21.2 Å². The summed E-state index contributed by atoms with van der Waals surface area (Å²) < 4.78 is 6.40. The van der Waals surface area contributed by atoms with E-state index >= 15 is 0 Å². The normalized spacial score (nSPS) is 17.9. The van der Waals surface area contributed by atoms with Crippen molar-refractivity contribution in [3.05, 3.63) is 35.4 Å². The Bertz CT molecular complexity index is 496. The lowest BCUT2D eigenvalue weighted by atomic mass is 9.93. The van der Waals surface area contributed by atoms with Gasteiger partial charge >= 0.3 is 0 Å². The van der Waals surface area contributed by atoms with Crippen molar-refractivity contribution >= 4 is 14.6 Å². The maximum atomic E-state index is 11.2. The summed E-state index contributed by atoms with van der Waals surface area (Å²) in [5.74, 6) is 0. The first-order valence-corrected chi connectivity index (χ1v) is 10.3. The van der Waals surface area contributed by atoms with Crippen molar-refractivity contribution in [1.82, 2.24) is 0 Å². The molecule has 1 aliphatic rings. The predicted octanol–water partition coefficient (Wildman–Crippen LogP) is 4.55. The molecule has 3 heteroatoms. The molecular formula is C17H26O2Si. The van der Waals surface area contributed by atoms with Crippen molar-refractivity contribution in [2.24, 2.45) is 0 Å². The Labute approximate surface area is 123 Å². The van der Waals surface area contributed by atoms with Gasteiger partial charge in [0.15, 0.2) is 8.32 Å². The number of carbonyl (C=O) groups excluding carboxylic acids is 1. The van der Waals surface area contributed by atoms with Crippen LogP contribution in [0.5, 0.6) is 0 Å². The van der Waals surface area contributed by atoms with Gasteiger partial charge in [0, 0.05) is 17.6 Å². The summed E-state index contributed by atoms with van der Waals surface area (Å²) in [5, 5.41) is 0.229. The lowest BCUT2D eigenvalue weighted by molar-refractivity contribution is 0.112. The molecule has 1 aromatic carbocycles. The first-order valence-electron chi connectivity index (χ1n) is 7.41. The van der Waals surface area contributed by atoms with Crippen LogP contribution in [0.15, 0.2) is 24.3 Å². The Morgan fingerprint density at radius 1 is 1.25 bits per heavy atom. The number of hydrogen-bond donors (Lipinski definition) is 0. The smallest absolute Gasteiger partial charge is 0.192 e. The fourth-order valence-electron chi connectivity index (χ4n) is 2.26. The molecule has 0 spiro atoms. The Kier molecular flexibility index (Phi) is 3.95. The third-order valence-corrected chi connectivity index (χ3v) is 9.51. The van der Waals surface area contributed by atoms with Gasteiger partial charge in [-0.05, 0) is 36.5 Å². The van der Waals surface area contributed by atoms with Gasteiger partial charge in [-0.15, -0.1) is 0 Å². The molecule has 0 bridgehead atoms. The second kappa shape index (κ2) is 5.12. The van der Waals surface area contributed by atoms with E-state index in [1.54, 1.807) is 0 Å². The summed E-state index contributed by atoms with van der Waals surface area (Å²) in [6.45, 7) is 12.1. The fourth-order valence-corrected chi connectivity index (χ4v) is 3.33. The number of rotatable bonds is 5. The molecular weight excluding hydrogens is 264 g/mol. The second-order valence-electron chi connectivity index (χ2n) is 7.53. The van der Waals surface area contributed by atoms with Crippen LogP contribution in [0.2, 0.25) is 18.1 Å². The van der Waals surface area contributed by atoms with Crippen molar-refractivity contribution in [3.63, 3.8) is 0 Å². The van der Waals surface area contributed by atoms with Gasteiger partial charge < -0.3 is 4.43 Å². The molecule has 0 radical (unpaired) electrons. The topological polar surface area (TPSA) is 26.3 Å². The third-order valence-electron chi connectivity index (χ3n) is 5.03. The van der Waals surface area contributed by atoms with Gasteiger partial charge in [0.25, 0.3) is 0 Å². The molecule has 20 heavy (non-hydrogen) atoms. The number of hydrogen-bond acceptors (Lipinski definition) is 2. The van der Waals surface area contributed by atoms with Gasteiger partial charge in [0.05, 0.1) is 0 Å². The molecule has 0 N–H and O–H groups in total. The molecule has 1 aliphatic carbocycles. The maximum absolute atomic E-state index is 11.2. The highest BCUT2D eigenvalue weighted by atomic mass is 28.4. The van der Waals surface area contributed by atoms with Gasteiger partial charge in [-0.25, -0.2) is 0 Å². The molecule has 1 saturated carbocycles. The van der Waals surface area contributed by atoms with Crippen molar-refractivity contribution in [1.29, 1.82) is 0 Å². The lowest BCUT2D eigenvalue weighted by Gasteiger charge is -2.37.